The summed E-state index contributed by atoms with van der Waals surface area (Å²) in [5, 5.41) is 12.1. The fourth-order valence-corrected chi connectivity index (χ4v) is 4.49. The SMILES string of the molecule is COc1cccc(CC[C@@H](NC(=O)OCC2c3ccccc3-c3ccccc32)C(=O)O)c1OC. The van der Waals surface area contributed by atoms with Crippen LogP contribution in [0.15, 0.2) is 66.7 Å². The number of fused-ring (bicyclic) bond motifs is 3. The lowest BCUT2D eigenvalue weighted by molar-refractivity contribution is -0.139. The van der Waals surface area contributed by atoms with Crippen molar-refractivity contribution < 1.29 is 28.9 Å². The standard InChI is InChI=1S/C27H27NO6/c1-32-24-13-7-8-17(25(24)33-2)14-15-23(26(29)30)28-27(31)34-16-22-20-11-5-3-9-18(20)19-10-4-6-12-21(19)22/h3-13,22-23H,14-16H2,1-2H3,(H,28,31)(H,29,30)/t23-/m1/s1. The number of para-hydroxylation sites is 1. The molecular weight excluding hydrogens is 434 g/mol. The molecule has 0 heterocycles. The predicted molar refractivity (Wildman–Crippen MR) is 127 cm³/mol. The molecule has 0 aromatic heterocycles. The molecule has 0 spiro atoms. The minimum absolute atomic E-state index is 0.0949. The van der Waals surface area contributed by atoms with Crippen LogP contribution in [-0.4, -0.2) is 44.0 Å². The molecule has 3 aromatic rings. The Hall–Kier alpha value is -4.00. The van der Waals surface area contributed by atoms with Crippen molar-refractivity contribution in [1.29, 1.82) is 0 Å². The second-order valence-corrected chi connectivity index (χ2v) is 8.05. The lowest BCUT2D eigenvalue weighted by Crippen LogP contribution is -2.41. The number of carbonyl (C=O) groups is 2. The lowest BCUT2D eigenvalue weighted by Gasteiger charge is -2.18. The number of methoxy groups -OCH3 is 2. The molecule has 1 atom stereocenters. The molecule has 0 unspecified atom stereocenters. The Morgan fingerprint density at radius 1 is 0.912 bits per heavy atom. The van der Waals surface area contributed by atoms with Gasteiger partial charge in [0.25, 0.3) is 0 Å². The van der Waals surface area contributed by atoms with Gasteiger partial charge in [-0.25, -0.2) is 9.59 Å². The van der Waals surface area contributed by atoms with E-state index in [0.29, 0.717) is 17.9 Å². The van der Waals surface area contributed by atoms with Gasteiger partial charge >= 0.3 is 12.1 Å². The number of alkyl carbamates (subject to hydrolysis) is 1. The second-order valence-electron chi connectivity index (χ2n) is 8.05. The van der Waals surface area contributed by atoms with Gasteiger partial charge in [0.15, 0.2) is 11.5 Å². The fraction of sp³-hybridized carbons (Fsp3) is 0.259. The molecule has 7 nitrogen and oxygen atoms in total. The van der Waals surface area contributed by atoms with E-state index in [1.165, 1.54) is 7.11 Å². The topological polar surface area (TPSA) is 94.1 Å². The number of rotatable bonds is 9. The van der Waals surface area contributed by atoms with Crippen molar-refractivity contribution in [3.8, 4) is 22.6 Å². The molecule has 0 saturated carbocycles. The Morgan fingerprint density at radius 3 is 2.15 bits per heavy atom. The third-order valence-corrected chi connectivity index (χ3v) is 6.12. The number of ether oxygens (including phenoxy) is 3. The summed E-state index contributed by atoms with van der Waals surface area (Å²) in [4.78, 5) is 24.3. The van der Waals surface area contributed by atoms with Gasteiger partial charge in [-0.1, -0.05) is 60.7 Å². The number of carboxylic acids is 1. The van der Waals surface area contributed by atoms with E-state index in [1.807, 2.05) is 48.5 Å². The van der Waals surface area contributed by atoms with Crippen LogP contribution < -0.4 is 14.8 Å². The van der Waals surface area contributed by atoms with Crippen molar-refractivity contribution in [3.05, 3.63) is 83.4 Å². The van der Waals surface area contributed by atoms with E-state index in [0.717, 1.165) is 27.8 Å². The third kappa shape index (κ3) is 4.69. The van der Waals surface area contributed by atoms with Crippen LogP contribution in [0, 0.1) is 0 Å². The quantitative estimate of drug-likeness (QED) is 0.483. The van der Waals surface area contributed by atoms with Crippen molar-refractivity contribution in [2.24, 2.45) is 0 Å². The smallest absolute Gasteiger partial charge is 0.407 e. The van der Waals surface area contributed by atoms with E-state index < -0.39 is 18.1 Å². The molecule has 4 rings (SSSR count). The first kappa shape index (κ1) is 23.2. The van der Waals surface area contributed by atoms with E-state index >= 15 is 0 Å². The number of aryl methyl sites for hydroxylation is 1. The highest BCUT2D eigenvalue weighted by atomic mass is 16.5. The van der Waals surface area contributed by atoms with Crippen LogP contribution in [0.5, 0.6) is 11.5 Å². The minimum Gasteiger partial charge on any atom is -0.493 e. The average Bonchev–Trinajstić information content (AvgIpc) is 3.18. The highest BCUT2D eigenvalue weighted by Gasteiger charge is 2.29. The monoisotopic (exact) mass is 461 g/mol. The van der Waals surface area contributed by atoms with Gasteiger partial charge in [-0.2, -0.15) is 0 Å². The first-order valence-electron chi connectivity index (χ1n) is 11.1. The normalized spacial score (nSPS) is 12.9. The first-order chi connectivity index (χ1) is 16.5. The minimum atomic E-state index is -1.13. The van der Waals surface area contributed by atoms with Crippen molar-refractivity contribution in [1.82, 2.24) is 5.32 Å². The lowest BCUT2D eigenvalue weighted by atomic mass is 9.98. The number of carboxylic acid groups (broad SMARTS) is 1. The summed E-state index contributed by atoms with van der Waals surface area (Å²) < 4.78 is 16.2. The highest BCUT2D eigenvalue weighted by Crippen LogP contribution is 2.44. The van der Waals surface area contributed by atoms with Crippen LogP contribution in [-0.2, 0) is 16.0 Å². The van der Waals surface area contributed by atoms with Crippen LogP contribution in [0.25, 0.3) is 11.1 Å². The molecule has 1 aliphatic rings. The Balaban J connectivity index is 1.40. The van der Waals surface area contributed by atoms with Gasteiger partial charge in [0.2, 0.25) is 0 Å². The highest BCUT2D eigenvalue weighted by molar-refractivity contribution is 5.81. The van der Waals surface area contributed by atoms with Gasteiger partial charge in [0.1, 0.15) is 12.6 Å². The summed E-state index contributed by atoms with van der Waals surface area (Å²) in [5.41, 5.74) is 5.24. The van der Waals surface area contributed by atoms with E-state index in [1.54, 1.807) is 13.2 Å². The molecule has 34 heavy (non-hydrogen) atoms. The van der Waals surface area contributed by atoms with Gasteiger partial charge in [-0.05, 0) is 46.7 Å². The number of benzene rings is 3. The molecule has 0 radical (unpaired) electrons. The molecule has 0 bridgehead atoms. The Kier molecular flexibility index (Phi) is 7.01. The van der Waals surface area contributed by atoms with Crippen molar-refractivity contribution in [2.75, 3.05) is 20.8 Å². The van der Waals surface area contributed by atoms with Gasteiger partial charge in [0.05, 0.1) is 14.2 Å². The van der Waals surface area contributed by atoms with Crippen LogP contribution >= 0.6 is 0 Å². The summed E-state index contributed by atoms with van der Waals surface area (Å²) in [6.07, 6.45) is -0.212. The Labute approximate surface area is 198 Å². The molecule has 1 aliphatic carbocycles. The fourth-order valence-electron chi connectivity index (χ4n) is 4.49. The van der Waals surface area contributed by atoms with Crippen LogP contribution in [0.3, 0.4) is 0 Å². The number of hydrogen-bond acceptors (Lipinski definition) is 5. The van der Waals surface area contributed by atoms with Gasteiger partial charge < -0.3 is 24.6 Å². The maximum absolute atomic E-state index is 12.5. The van der Waals surface area contributed by atoms with E-state index in [-0.39, 0.29) is 18.9 Å². The summed E-state index contributed by atoms with van der Waals surface area (Å²) in [6, 6.07) is 20.4. The molecular formula is C27H27NO6. The summed E-state index contributed by atoms with van der Waals surface area (Å²) in [7, 11) is 3.07. The largest absolute Gasteiger partial charge is 0.493 e. The van der Waals surface area contributed by atoms with E-state index in [2.05, 4.69) is 17.4 Å². The molecule has 2 N–H and O–H groups in total. The molecule has 0 fully saturated rings. The molecule has 0 saturated heterocycles. The molecule has 1 amide bonds. The number of hydrogen-bond donors (Lipinski definition) is 2. The number of carbonyl (C=O) groups excluding carboxylic acids is 1. The summed E-state index contributed by atoms with van der Waals surface area (Å²) >= 11 is 0. The molecule has 0 aliphatic heterocycles. The van der Waals surface area contributed by atoms with Crippen molar-refractivity contribution >= 4 is 12.1 Å². The van der Waals surface area contributed by atoms with Crippen molar-refractivity contribution in [2.45, 2.75) is 24.8 Å². The molecule has 3 aromatic carbocycles. The number of amides is 1. The third-order valence-electron chi connectivity index (χ3n) is 6.12. The first-order valence-corrected chi connectivity index (χ1v) is 11.1. The molecule has 176 valence electrons. The van der Waals surface area contributed by atoms with Crippen molar-refractivity contribution in [3.63, 3.8) is 0 Å². The number of aliphatic carboxylic acids is 1. The second kappa shape index (κ2) is 10.3. The zero-order chi connectivity index (χ0) is 24.1. The maximum Gasteiger partial charge on any atom is 0.407 e. The Bertz CT molecular complexity index is 1150. The predicted octanol–water partition coefficient (Wildman–Crippen LogP) is 4.63. The zero-order valence-corrected chi connectivity index (χ0v) is 19.1. The summed E-state index contributed by atoms with van der Waals surface area (Å²) in [5.74, 6) is -0.107. The Morgan fingerprint density at radius 2 is 1.56 bits per heavy atom. The maximum atomic E-state index is 12.5. The van der Waals surface area contributed by atoms with E-state index in [9.17, 15) is 14.7 Å². The van der Waals surface area contributed by atoms with Crippen LogP contribution in [0.1, 0.15) is 29.0 Å². The van der Waals surface area contributed by atoms with Gasteiger partial charge in [0, 0.05) is 5.92 Å². The van der Waals surface area contributed by atoms with Crippen LogP contribution in [0.2, 0.25) is 0 Å². The van der Waals surface area contributed by atoms with Gasteiger partial charge in [-0.3, -0.25) is 0 Å². The molecule has 7 heteroatoms. The number of nitrogens with one attached hydrogen (secondary N) is 1. The van der Waals surface area contributed by atoms with Crippen LogP contribution in [0.4, 0.5) is 4.79 Å². The zero-order valence-electron chi connectivity index (χ0n) is 19.1. The van der Waals surface area contributed by atoms with E-state index in [4.69, 9.17) is 14.2 Å². The summed E-state index contributed by atoms with van der Waals surface area (Å²) in [6.45, 7) is 0.121. The average molecular weight is 462 g/mol. The van der Waals surface area contributed by atoms with Gasteiger partial charge in [-0.15, -0.1) is 0 Å².